The number of hydrogen-bond donors (Lipinski definition) is 1. The lowest BCUT2D eigenvalue weighted by Crippen LogP contribution is -2.49. The van der Waals surface area contributed by atoms with Gasteiger partial charge in [-0.2, -0.15) is 0 Å². The zero-order valence-electron chi connectivity index (χ0n) is 11.8. The summed E-state index contributed by atoms with van der Waals surface area (Å²) in [6, 6.07) is 0.347. The van der Waals surface area contributed by atoms with Crippen LogP contribution < -0.4 is 5.32 Å². The van der Waals surface area contributed by atoms with Crippen LogP contribution in [0.15, 0.2) is 0 Å². The molecule has 102 valence electrons. The van der Waals surface area contributed by atoms with Gasteiger partial charge in [-0.25, -0.2) is 0 Å². The number of nitrogens with one attached hydrogen (secondary N) is 1. The minimum absolute atomic E-state index is 0.347. The van der Waals surface area contributed by atoms with Gasteiger partial charge in [0.15, 0.2) is 5.79 Å². The highest BCUT2D eigenvalue weighted by molar-refractivity contribution is 4.73. The second-order valence-corrected chi connectivity index (χ2v) is 5.05. The van der Waals surface area contributed by atoms with Gasteiger partial charge in [-0.3, -0.25) is 0 Å². The largest absolute Gasteiger partial charge is 0.349 e. The fourth-order valence-corrected chi connectivity index (χ4v) is 1.96. The summed E-state index contributed by atoms with van der Waals surface area (Å²) >= 11 is 0. The maximum atomic E-state index is 5.60. The van der Waals surface area contributed by atoms with Crippen molar-refractivity contribution in [1.29, 1.82) is 0 Å². The van der Waals surface area contributed by atoms with E-state index in [1.807, 2.05) is 13.8 Å². The van der Waals surface area contributed by atoms with Gasteiger partial charge in [-0.05, 0) is 46.4 Å². The second-order valence-electron chi connectivity index (χ2n) is 5.05. The van der Waals surface area contributed by atoms with Crippen LogP contribution >= 0.6 is 0 Å². The maximum Gasteiger partial charge on any atom is 0.162 e. The average molecular weight is 244 g/mol. The van der Waals surface area contributed by atoms with Crippen LogP contribution in [0.1, 0.15) is 34.1 Å². The van der Waals surface area contributed by atoms with E-state index in [2.05, 4.69) is 24.1 Å². The highest BCUT2D eigenvalue weighted by atomic mass is 16.7. The summed E-state index contributed by atoms with van der Waals surface area (Å²) in [7, 11) is 0. The van der Waals surface area contributed by atoms with Crippen molar-refractivity contribution in [2.45, 2.75) is 45.9 Å². The molecule has 0 aromatic heterocycles. The van der Waals surface area contributed by atoms with Crippen LogP contribution in [0, 0.1) is 0 Å². The maximum absolute atomic E-state index is 5.60. The number of hydrogen-bond acceptors (Lipinski definition) is 4. The molecule has 1 aliphatic rings. The van der Waals surface area contributed by atoms with Crippen molar-refractivity contribution < 1.29 is 9.47 Å². The SMILES string of the molecule is CCN(CC)CCCNC1COC(C)(C)OC1. The zero-order chi connectivity index (χ0) is 12.7. The molecule has 1 saturated heterocycles. The van der Waals surface area contributed by atoms with Gasteiger partial charge >= 0.3 is 0 Å². The van der Waals surface area contributed by atoms with Crippen LogP contribution in [-0.2, 0) is 9.47 Å². The molecule has 0 spiro atoms. The Morgan fingerprint density at radius 1 is 1.18 bits per heavy atom. The monoisotopic (exact) mass is 244 g/mol. The Kier molecular flexibility index (Phi) is 6.41. The van der Waals surface area contributed by atoms with Gasteiger partial charge in [-0.1, -0.05) is 13.8 Å². The summed E-state index contributed by atoms with van der Waals surface area (Å²) < 4.78 is 11.2. The summed E-state index contributed by atoms with van der Waals surface area (Å²) in [5.74, 6) is -0.403. The van der Waals surface area contributed by atoms with Gasteiger partial charge in [-0.15, -0.1) is 0 Å². The number of ether oxygens (including phenoxy) is 2. The molecule has 4 heteroatoms. The van der Waals surface area contributed by atoms with Crippen LogP contribution in [0.2, 0.25) is 0 Å². The fraction of sp³-hybridized carbons (Fsp3) is 1.00. The van der Waals surface area contributed by atoms with Crippen LogP contribution in [-0.4, -0.2) is 56.1 Å². The Labute approximate surface area is 106 Å². The molecule has 0 bridgehead atoms. The first-order valence-corrected chi connectivity index (χ1v) is 6.81. The van der Waals surface area contributed by atoms with E-state index < -0.39 is 5.79 Å². The van der Waals surface area contributed by atoms with Crippen molar-refractivity contribution in [1.82, 2.24) is 10.2 Å². The summed E-state index contributed by atoms with van der Waals surface area (Å²) in [4.78, 5) is 2.44. The standard InChI is InChI=1S/C13H28N2O2/c1-5-15(6-2)9-7-8-14-12-10-16-13(3,4)17-11-12/h12,14H,5-11H2,1-4H3. The molecule has 1 fully saturated rings. The van der Waals surface area contributed by atoms with Crippen molar-refractivity contribution >= 4 is 0 Å². The van der Waals surface area contributed by atoms with Crippen molar-refractivity contribution in [3.8, 4) is 0 Å². The lowest BCUT2D eigenvalue weighted by atomic mass is 10.2. The van der Waals surface area contributed by atoms with Crippen LogP contribution in [0.3, 0.4) is 0 Å². The van der Waals surface area contributed by atoms with Gasteiger partial charge in [0, 0.05) is 0 Å². The smallest absolute Gasteiger partial charge is 0.162 e. The molecular weight excluding hydrogens is 216 g/mol. The summed E-state index contributed by atoms with van der Waals surface area (Å²) in [5.41, 5.74) is 0. The van der Waals surface area contributed by atoms with Gasteiger partial charge < -0.3 is 19.7 Å². The Morgan fingerprint density at radius 2 is 1.76 bits per heavy atom. The van der Waals surface area contributed by atoms with E-state index in [-0.39, 0.29) is 0 Å². The van der Waals surface area contributed by atoms with E-state index in [0.29, 0.717) is 6.04 Å². The third-order valence-corrected chi connectivity index (χ3v) is 3.24. The summed E-state index contributed by atoms with van der Waals surface area (Å²) in [6.45, 7) is 14.3. The quantitative estimate of drug-likeness (QED) is 0.688. The molecule has 0 unspecified atom stereocenters. The Hall–Kier alpha value is -0.160. The molecule has 0 amide bonds. The van der Waals surface area contributed by atoms with Crippen LogP contribution in [0.4, 0.5) is 0 Å². The predicted molar refractivity (Wildman–Crippen MR) is 70.2 cm³/mol. The molecule has 0 aromatic rings. The lowest BCUT2D eigenvalue weighted by Gasteiger charge is -2.35. The molecule has 17 heavy (non-hydrogen) atoms. The van der Waals surface area contributed by atoms with Gasteiger partial charge in [0.05, 0.1) is 19.3 Å². The molecule has 0 aromatic carbocycles. The molecule has 0 aliphatic carbocycles. The molecule has 1 rings (SSSR count). The summed E-state index contributed by atoms with van der Waals surface area (Å²) in [6.07, 6.45) is 1.18. The van der Waals surface area contributed by atoms with Crippen LogP contribution in [0.25, 0.3) is 0 Å². The fourth-order valence-electron chi connectivity index (χ4n) is 1.96. The Morgan fingerprint density at radius 3 is 2.29 bits per heavy atom. The highest BCUT2D eigenvalue weighted by Gasteiger charge is 2.27. The third-order valence-electron chi connectivity index (χ3n) is 3.24. The van der Waals surface area contributed by atoms with Crippen molar-refractivity contribution in [2.24, 2.45) is 0 Å². The van der Waals surface area contributed by atoms with Crippen molar-refractivity contribution in [3.63, 3.8) is 0 Å². The predicted octanol–water partition coefficient (Wildman–Crippen LogP) is 1.46. The number of rotatable bonds is 7. The molecule has 1 heterocycles. The first kappa shape index (κ1) is 14.9. The van der Waals surface area contributed by atoms with E-state index in [9.17, 15) is 0 Å². The number of nitrogens with zero attached hydrogens (tertiary/aromatic N) is 1. The lowest BCUT2D eigenvalue weighted by molar-refractivity contribution is -0.252. The normalized spacial score (nSPS) is 21.0. The molecule has 4 nitrogen and oxygen atoms in total. The van der Waals surface area contributed by atoms with E-state index in [1.165, 1.54) is 13.0 Å². The second kappa shape index (κ2) is 7.31. The van der Waals surface area contributed by atoms with E-state index in [4.69, 9.17) is 9.47 Å². The third kappa shape index (κ3) is 5.82. The molecule has 1 N–H and O–H groups in total. The zero-order valence-corrected chi connectivity index (χ0v) is 11.8. The van der Waals surface area contributed by atoms with Crippen LogP contribution in [0.5, 0.6) is 0 Å². The van der Waals surface area contributed by atoms with E-state index in [1.54, 1.807) is 0 Å². The Bertz CT molecular complexity index is 196. The average Bonchev–Trinajstić information content (AvgIpc) is 2.31. The molecule has 0 atom stereocenters. The van der Waals surface area contributed by atoms with Crippen molar-refractivity contribution in [3.05, 3.63) is 0 Å². The highest BCUT2D eigenvalue weighted by Crippen LogP contribution is 2.16. The van der Waals surface area contributed by atoms with Gasteiger partial charge in [0.25, 0.3) is 0 Å². The first-order chi connectivity index (χ1) is 8.07. The minimum Gasteiger partial charge on any atom is -0.349 e. The topological polar surface area (TPSA) is 33.7 Å². The Balaban J connectivity index is 2.04. The molecule has 0 saturated carbocycles. The van der Waals surface area contributed by atoms with Gasteiger partial charge in [0.2, 0.25) is 0 Å². The van der Waals surface area contributed by atoms with Crippen molar-refractivity contribution in [2.75, 3.05) is 39.4 Å². The summed E-state index contributed by atoms with van der Waals surface area (Å²) in [5, 5.41) is 3.49. The molecular formula is C13H28N2O2. The van der Waals surface area contributed by atoms with E-state index >= 15 is 0 Å². The van der Waals surface area contributed by atoms with E-state index in [0.717, 1.165) is 32.8 Å². The molecule has 0 radical (unpaired) electrons. The molecule has 1 aliphatic heterocycles. The first-order valence-electron chi connectivity index (χ1n) is 6.81. The van der Waals surface area contributed by atoms with Gasteiger partial charge in [0.1, 0.15) is 0 Å². The minimum atomic E-state index is -0.403.